The minimum absolute atomic E-state index is 0.172. The highest BCUT2D eigenvalue weighted by Crippen LogP contribution is 2.84. The molecule has 678 valence electrons. The Morgan fingerprint density at radius 3 is 0.635 bits per heavy atom. The van der Waals surface area contributed by atoms with Crippen LogP contribution in [-0.4, -0.2) is 97.2 Å². The molecule has 8 N–H and O–H groups in total. The van der Waals surface area contributed by atoms with Crippen LogP contribution < -0.4 is 22.9 Å². The quantitative estimate of drug-likeness (QED) is 0.0437. The summed E-state index contributed by atoms with van der Waals surface area (Å²) in [6.45, 7) is 24.2. The smallest absolute Gasteiger partial charge is 0.224 e. The van der Waals surface area contributed by atoms with E-state index in [1.54, 1.807) is 0 Å². The van der Waals surface area contributed by atoms with Gasteiger partial charge in [0.15, 0.2) is 0 Å². The number of hydrogen-bond acceptors (Lipinski definition) is 7. The van der Waals surface area contributed by atoms with Crippen molar-refractivity contribution >= 4 is 23.6 Å². The second-order valence-corrected chi connectivity index (χ2v) is 39.4. The first-order valence-corrected chi connectivity index (χ1v) is 52.6. The molecule has 0 aromatic rings. The number of carbonyl (C=O) groups is 4. The largest absolute Gasteiger partial charge is 0.369 e. The van der Waals surface area contributed by atoms with Crippen molar-refractivity contribution in [2.75, 3.05) is 58.9 Å². The Hall–Kier alpha value is -2.24. The van der Waals surface area contributed by atoms with Gasteiger partial charge >= 0.3 is 0 Å². The van der Waals surface area contributed by atoms with E-state index in [2.05, 4.69) is 56.2 Å². The normalized spacial score (nSPS) is 19.7. The predicted molar refractivity (Wildman–Crippen MR) is 501 cm³/mol. The van der Waals surface area contributed by atoms with Gasteiger partial charge in [-0.25, -0.2) is 0 Å². The minimum atomic E-state index is -1.36. The van der Waals surface area contributed by atoms with Crippen molar-refractivity contribution < 1.29 is 19.2 Å². The van der Waals surface area contributed by atoms with Gasteiger partial charge in [-0.05, 0) is 173 Å². The van der Waals surface area contributed by atoms with Crippen molar-refractivity contribution in [3.05, 3.63) is 0 Å². The third kappa shape index (κ3) is 43.1. The van der Waals surface area contributed by atoms with Crippen LogP contribution in [0.2, 0.25) is 0 Å². The lowest BCUT2D eigenvalue weighted by molar-refractivity contribution is -0.293. The fraction of sp³-hybridized carbons (Fsp3) is 0.962. The summed E-state index contributed by atoms with van der Waals surface area (Å²) in [7, 11) is 0. The number of amides is 4. The van der Waals surface area contributed by atoms with Crippen LogP contribution in [0.1, 0.15) is 549 Å². The number of nitrogens with two attached hydrogens (primary N) is 4. The fourth-order valence-corrected chi connectivity index (χ4v) is 23.0. The molecule has 4 rings (SSSR count). The molecule has 0 saturated heterocycles. The summed E-state index contributed by atoms with van der Waals surface area (Å²) in [5, 5.41) is 0. The van der Waals surface area contributed by atoms with E-state index < -0.39 is 56.6 Å². The number of carbonyl (C=O) groups excluding carboxylic acids is 4. The Balaban J connectivity index is 1.94. The highest BCUT2D eigenvalue weighted by atomic mass is 16.2. The van der Waals surface area contributed by atoms with Crippen molar-refractivity contribution in [1.82, 2.24) is 14.7 Å². The standard InChI is InChI=1S/C104H203N7O4/c1-7-13-19-25-31-37-43-49-58-70-82-109(83-71-59-50-44-38-32-26-20-14-8-2)88-76-64-55-67-79-95-101(97(106)113)91-100(96(105)112)92-102(94-101,98(107)114)103(104(95,93-100)99(108)115,80-68-56-65-77-89-110(84-72-60-51-45-39-33-27-21-15-9-3)85-73-61-52-46-40-34-28-22-16-10-4)81-69-57-66-78-90-111(86-74-62-53-47-41-35-29-23-17-11-5)87-75-63-54-48-42-36-30-24-18-12-6/h95H,7-94H2,1-6H3,(H2,105,112)(H2,106,113)(H2,107,114)(H2,108,115). The first-order chi connectivity index (χ1) is 56.2. The van der Waals surface area contributed by atoms with Gasteiger partial charge in [0.2, 0.25) is 23.6 Å². The first-order valence-electron chi connectivity index (χ1n) is 52.6. The van der Waals surface area contributed by atoms with Crippen LogP contribution in [-0.2, 0) is 19.2 Å². The molecule has 11 nitrogen and oxygen atoms in total. The highest BCUT2D eigenvalue weighted by Gasteiger charge is 2.86. The SMILES string of the molecule is CCCCCCCCCCCCN(CCCCCCCCCCCC)CCCCCCC1C2(C(N)=O)CC3(C(N)=O)CC(C(N)=O)(C2)C(CCCCCCN(CCCCCCCCCCCC)CCCCCCCCCCCC)(CCCCCCN(CCCCCCCCCCCC)CCCCCCCCCCCC)C1(C(N)=O)C3. The van der Waals surface area contributed by atoms with Crippen LogP contribution in [0.3, 0.4) is 0 Å². The Bertz CT molecular complexity index is 2150. The van der Waals surface area contributed by atoms with E-state index in [1.807, 2.05) is 0 Å². The molecule has 4 saturated carbocycles. The molecule has 115 heavy (non-hydrogen) atoms. The van der Waals surface area contributed by atoms with Crippen molar-refractivity contribution in [3.8, 4) is 0 Å². The molecule has 0 heterocycles. The zero-order valence-corrected chi connectivity index (χ0v) is 78.6. The van der Waals surface area contributed by atoms with Crippen LogP contribution in [0, 0.1) is 33.0 Å². The zero-order chi connectivity index (χ0) is 83.3. The van der Waals surface area contributed by atoms with Gasteiger partial charge in [0.25, 0.3) is 0 Å². The molecule has 0 radical (unpaired) electrons. The van der Waals surface area contributed by atoms with E-state index in [4.69, 9.17) is 22.9 Å². The number of rotatable bonds is 91. The summed E-state index contributed by atoms with van der Waals surface area (Å²) in [5.74, 6) is -2.51. The third-order valence-electron chi connectivity index (χ3n) is 29.8. The van der Waals surface area contributed by atoms with Crippen molar-refractivity contribution in [2.24, 2.45) is 55.9 Å². The van der Waals surface area contributed by atoms with E-state index in [1.165, 1.54) is 425 Å². The summed E-state index contributed by atoms with van der Waals surface area (Å²) in [6, 6.07) is 0. The van der Waals surface area contributed by atoms with Crippen LogP contribution in [0.15, 0.2) is 0 Å². The molecule has 5 unspecified atom stereocenters. The van der Waals surface area contributed by atoms with Gasteiger partial charge in [-0.2, -0.15) is 0 Å². The summed E-state index contributed by atoms with van der Waals surface area (Å²) in [5.41, 5.74) is 21.6. The molecule has 4 amide bonds. The van der Waals surface area contributed by atoms with Gasteiger partial charge < -0.3 is 37.6 Å². The molecule has 0 spiro atoms. The Morgan fingerprint density at radius 2 is 0.435 bits per heavy atom. The lowest BCUT2D eigenvalue weighted by atomic mass is 9.22. The second kappa shape index (κ2) is 70.2. The van der Waals surface area contributed by atoms with E-state index in [0.29, 0.717) is 19.3 Å². The Morgan fingerprint density at radius 1 is 0.226 bits per heavy atom. The molecule has 4 aliphatic carbocycles. The maximum absolute atomic E-state index is 15.8. The van der Waals surface area contributed by atoms with Gasteiger partial charge in [-0.1, -0.05) is 446 Å². The minimum Gasteiger partial charge on any atom is -0.369 e. The number of nitrogens with zero attached hydrogens (tertiary/aromatic N) is 3. The van der Waals surface area contributed by atoms with Gasteiger partial charge in [0, 0.05) is 0 Å². The fourth-order valence-electron chi connectivity index (χ4n) is 23.0. The topological polar surface area (TPSA) is 182 Å². The van der Waals surface area contributed by atoms with Crippen LogP contribution >= 0.6 is 0 Å². The zero-order valence-electron chi connectivity index (χ0n) is 78.6. The number of primary amides is 4. The van der Waals surface area contributed by atoms with Gasteiger partial charge in [-0.3, -0.25) is 19.2 Å². The van der Waals surface area contributed by atoms with Gasteiger partial charge in [0.1, 0.15) is 0 Å². The van der Waals surface area contributed by atoms with Crippen molar-refractivity contribution in [3.63, 3.8) is 0 Å². The molecule has 4 bridgehead atoms. The molecule has 4 fully saturated rings. The molecule has 0 aromatic carbocycles. The molecular weight excluding hydrogens is 1410 g/mol. The summed E-state index contributed by atoms with van der Waals surface area (Å²) in [4.78, 5) is 69.1. The predicted octanol–water partition coefficient (Wildman–Crippen LogP) is 29.4. The maximum Gasteiger partial charge on any atom is 0.224 e. The molecule has 0 aliphatic heterocycles. The van der Waals surface area contributed by atoms with Crippen LogP contribution in [0.4, 0.5) is 0 Å². The first kappa shape index (κ1) is 107. The molecule has 0 aromatic heterocycles. The average Bonchev–Trinajstić information content (AvgIpc) is 0.635. The van der Waals surface area contributed by atoms with Gasteiger partial charge in [-0.15, -0.1) is 0 Å². The lowest BCUT2D eigenvalue weighted by Gasteiger charge is -2.78. The highest BCUT2D eigenvalue weighted by molar-refractivity contribution is 5.97. The summed E-state index contributed by atoms with van der Waals surface area (Å²) < 4.78 is 0. The van der Waals surface area contributed by atoms with E-state index in [9.17, 15) is 9.59 Å². The van der Waals surface area contributed by atoms with E-state index >= 15 is 9.59 Å². The average molecular weight is 1620 g/mol. The molecule has 5 atom stereocenters. The Kier molecular flexibility index (Phi) is 65.3. The maximum atomic E-state index is 15.8. The van der Waals surface area contributed by atoms with E-state index in [-0.39, 0.29) is 25.7 Å². The lowest BCUT2D eigenvalue weighted by Crippen LogP contribution is -2.82. The van der Waals surface area contributed by atoms with Crippen LogP contribution in [0.25, 0.3) is 0 Å². The van der Waals surface area contributed by atoms with E-state index in [0.717, 1.165) is 96.7 Å². The van der Waals surface area contributed by atoms with Crippen molar-refractivity contribution in [1.29, 1.82) is 0 Å². The summed E-state index contributed by atoms with van der Waals surface area (Å²) >= 11 is 0. The van der Waals surface area contributed by atoms with Gasteiger partial charge in [0.05, 0.1) is 21.7 Å². The van der Waals surface area contributed by atoms with Crippen molar-refractivity contribution in [2.45, 2.75) is 549 Å². The third-order valence-corrected chi connectivity index (χ3v) is 29.8. The number of hydrogen-bond donors (Lipinski definition) is 4. The second-order valence-electron chi connectivity index (χ2n) is 39.4. The Labute approximate surface area is 717 Å². The monoisotopic (exact) mass is 1610 g/mol. The number of unbranched alkanes of at least 4 members (excludes halogenated alkanes) is 63. The molecule has 4 aliphatic rings. The summed E-state index contributed by atoms with van der Waals surface area (Å²) in [6.07, 6.45) is 95.8. The molecular formula is C104H203N7O4. The van der Waals surface area contributed by atoms with Crippen LogP contribution in [0.5, 0.6) is 0 Å². The molecule has 11 heteroatoms.